The summed E-state index contributed by atoms with van der Waals surface area (Å²) in [6.45, 7) is 2.07. The molecule has 0 amide bonds. The lowest BCUT2D eigenvalue weighted by Crippen LogP contribution is -2.10. The highest BCUT2D eigenvalue weighted by atomic mass is 32.2. The summed E-state index contributed by atoms with van der Waals surface area (Å²) in [5, 5.41) is 8.67. The Kier molecular flexibility index (Phi) is 3.29. The number of ether oxygens (including phenoxy) is 2. The molecule has 0 unspecified atom stereocenters. The number of rotatable bonds is 3. The van der Waals surface area contributed by atoms with Crippen LogP contribution in [0.5, 0.6) is 11.5 Å². The summed E-state index contributed by atoms with van der Waals surface area (Å²) in [5.41, 5.74) is 1.79. The number of sulfone groups is 1. The molecule has 4 rings (SSSR count). The fraction of sp³-hybridized carbons (Fsp3) is 0.278. The van der Waals surface area contributed by atoms with Gasteiger partial charge in [-0.05, 0) is 36.8 Å². The highest BCUT2D eigenvalue weighted by Crippen LogP contribution is 2.54. The molecule has 1 aliphatic heterocycles. The second-order valence-electron chi connectivity index (χ2n) is 6.12. The van der Waals surface area contributed by atoms with Crippen LogP contribution in [0.3, 0.4) is 0 Å². The third kappa shape index (κ3) is 2.24. The van der Waals surface area contributed by atoms with Crippen LogP contribution in [0.15, 0.2) is 47.4 Å². The van der Waals surface area contributed by atoms with E-state index < -0.39 is 21.0 Å². The Morgan fingerprint density at radius 2 is 1.79 bits per heavy atom. The second-order valence-corrected chi connectivity index (χ2v) is 8.22. The molecule has 2 aliphatic rings. The van der Waals surface area contributed by atoms with Gasteiger partial charge >= 0.3 is 0 Å². The van der Waals surface area contributed by atoms with Crippen LogP contribution < -0.4 is 9.47 Å². The number of nitrogens with zero attached hydrogens (tertiary/aromatic N) is 1. The predicted molar refractivity (Wildman–Crippen MR) is 86.6 cm³/mol. The van der Waals surface area contributed by atoms with Gasteiger partial charge in [-0.3, -0.25) is 0 Å². The molecule has 2 aromatic carbocycles. The normalized spacial score (nSPS) is 24.4. The summed E-state index contributed by atoms with van der Waals surface area (Å²) in [4.78, 5) is 0.265. The van der Waals surface area contributed by atoms with Gasteiger partial charge in [0.1, 0.15) is 0 Å². The van der Waals surface area contributed by atoms with E-state index in [0.29, 0.717) is 11.5 Å². The van der Waals surface area contributed by atoms with Crippen molar-refractivity contribution in [3.63, 3.8) is 0 Å². The maximum atomic E-state index is 12.9. The Bertz CT molecular complexity index is 944. The van der Waals surface area contributed by atoms with Crippen LogP contribution in [-0.2, 0) is 9.84 Å². The Morgan fingerprint density at radius 3 is 2.50 bits per heavy atom. The third-order valence-corrected chi connectivity index (χ3v) is 6.82. The van der Waals surface area contributed by atoms with Crippen molar-refractivity contribution in [1.29, 1.82) is 5.26 Å². The van der Waals surface area contributed by atoms with E-state index in [1.54, 1.807) is 36.4 Å². The predicted octanol–water partition coefficient (Wildman–Crippen LogP) is 2.80. The van der Waals surface area contributed by atoms with Crippen molar-refractivity contribution in [3.8, 4) is 17.6 Å². The lowest BCUT2D eigenvalue weighted by Gasteiger charge is -2.05. The monoisotopic (exact) mass is 341 g/mol. The molecule has 0 bridgehead atoms. The summed E-state index contributed by atoms with van der Waals surface area (Å²) >= 11 is 0. The summed E-state index contributed by atoms with van der Waals surface area (Å²) in [6.07, 6.45) is 0. The van der Waals surface area contributed by atoms with Crippen LogP contribution in [0.2, 0.25) is 0 Å². The van der Waals surface area contributed by atoms with Crippen LogP contribution in [0, 0.1) is 24.2 Å². The number of nitriles is 1. The zero-order valence-corrected chi connectivity index (χ0v) is 13.8. The lowest BCUT2D eigenvalue weighted by molar-refractivity contribution is 0.174. The van der Waals surface area contributed by atoms with Crippen LogP contribution in [0.1, 0.15) is 17.0 Å². The average molecular weight is 341 g/mol. The second kappa shape index (κ2) is 5.25. The van der Waals surface area contributed by atoms with Crippen molar-refractivity contribution >= 4 is 9.84 Å². The van der Waals surface area contributed by atoms with E-state index in [4.69, 9.17) is 9.47 Å². The van der Waals surface area contributed by atoms with Gasteiger partial charge in [-0.2, -0.15) is 5.26 Å². The smallest absolute Gasteiger partial charge is 0.231 e. The molecule has 0 spiro atoms. The van der Waals surface area contributed by atoms with Crippen LogP contribution >= 0.6 is 0 Å². The van der Waals surface area contributed by atoms with Crippen LogP contribution in [0.25, 0.3) is 0 Å². The highest BCUT2D eigenvalue weighted by molar-refractivity contribution is 7.92. The van der Waals surface area contributed by atoms with E-state index in [9.17, 15) is 13.7 Å². The van der Waals surface area contributed by atoms with Crippen molar-refractivity contribution in [2.24, 2.45) is 5.92 Å². The Labute approximate surface area is 140 Å². The molecule has 5 nitrogen and oxygen atoms in total. The van der Waals surface area contributed by atoms with E-state index in [-0.39, 0.29) is 17.6 Å². The number of hydrogen-bond acceptors (Lipinski definition) is 5. The van der Waals surface area contributed by atoms with Crippen molar-refractivity contribution in [3.05, 3.63) is 53.6 Å². The molecule has 1 saturated carbocycles. The van der Waals surface area contributed by atoms with Gasteiger partial charge in [0.05, 0.1) is 22.1 Å². The van der Waals surface area contributed by atoms with Gasteiger partial charge in [-0.25, -0.2) is 8.42 Å². The summed E-state index contributed by atoms with van der Waals surface area (Å²) in [7, 11) is -3.55. The molecule has 1 aliphatic carbocycles. The van der Waals surface area contributed by atoms with Gasteiger partial charge in [-0.1, -0.05) is 23.8 Å². The minimum atomic E-state index is -3.55. The minimum Gasteiger partial charge on any atom is -0.454 e. The molecule has 2 aromatic rings. The Morgan fingerprint density at radius 1 is 1.08 bits per heavy atom. The highest BCUT2D eigenvalue weighted by Gasteiger charge is 2.59. The molecular formula is C18H15NO4S. The standard InChI is InChI=1S/C18H15NO4S/c1-11-2-5-13(6-3-11)24(20,21)18-14(9-19)17(18)12-4-7-15-16(8-12)23-10-22-15/h2-8,14,17-18H,10H2,1H3/t14-,17+,18+/m1/s1. The maximum Gasteiger partial charge on any atom is 0.231 e. The maximum absolute atomic E-state index is 12.9. The molecular weight excluding hydrogens is 326 g/mol. The van der Waals surface area contributed by atoms with Gasteiger partial charge in [0.2, 0.25) is 6.79 Å². The van der Waals surface area contributed by atoms with E-state index in [0.717, 1.165) is 11.1 Å². The minimum absolute atomic E-state index is 0.163. The summed E-state index contributed by atoms with van der Waals surface area (Å²) in [5.74, 6) is 0.362. The SMILES string of the molecule is Cc1ccc(S(=O)(=O)[C@H]2[C@H](C#N)[C@@H]2c2ccc3c(c2)OCO3)cc1. The van der Waals surface area contributed by atoms with Gasteiger partial charge in [0.15, 0.2) is 21.3 Å². The van der Waals surface area contributed by atoms with Crippen molar-refractivity contribution in [2.45, 2.75) is 23.0 Å². The fourth-order valence-electron chi connectivity index (χ4n) is 3.23. The van der Waals surface area contributed by atoms with Crippen molar-refractivity contribution in [2.75, 3.05) is 6.79 Å². The first-order valence-electron chi connectivity index (χ1n) is 7.62. The molecule has 0 saturated heterocycles. The Balaban J connectivity index is 1.69. The molecule has 6 heteroatoms. The number of benzene rings is 2. The number of aryl methyl sites for hydroxylation is 1. The molecule has 24 heavy (non-hydrogen) atoms. The van der Waals surface area contributed by atoms with Gasteiger partial charge < -0.3 is 9.47 Å². The topological polar surface area (TPSA) is 76.4 Å². The average Bonchev–Trinajstić information content (AvgIpc) is 3.15. The zero-order chi connectivity index (χ0) is 16.9. The van der Waals surface area contributed by atoms with Crippen LogP contribution in [-0.4, -0.2) is 20.5 Å². The van der Waals surface area contributed by atoms with E-state index >= 15 is 0 Å². The van der Waals surface area contributed by atoms with Crippen molar-refractivity contribution < 1.29 is 17.9 Å². The first kappa shape index (κ1) is 15.0. The zero-order valence-electron chi connectivity index (χ0n) is 13.0. The van der Waals surface area contributed by atoms with Gasteiger partial charge in [0.25, 0.3) is 0 Å². The molecule has 0 aromatic heterocycles. The first-order valence-corrected chi connectivity index (χ1v) is 9.17. The Hall–Kier alpha value is -2.52. The van der Waals surface area contributed by atoms with E-state index in [1.807, 2.05) is 13.0 Å². The van der Waals surface area contributed by atoms with Gasteiger partial charge in [-0.15, -0.1) is 0 Å². The third-order valence-electron chi connectivity index (χ3n) is 4.59. The summed E-state index contributed by atoms with van der Waals surface area (Å²) < 4.78 is 36.4. The molecule has 122 valence electrons. The number of fused-ring (bicyclic) bond motifs is 1. The van der Waals surface area contributed by atoms with Gasteiger partial charge in [0, 0.05) is 5.92 Å². The van der Waals surface area contributed by atoms with Crippen LogP contribution in [0.4, 0.5) is 0 Å². The molecule has 0 radical (unpaired) electrons. The van der Waals surface area contributed by atoms with E-state index in [1.165, 1.54) is 0 Å². The first-order chi connectivity index (χ1) is 11.5. The molecule has 3 atom stereocenters. The molecule has 1 fully saturated rings. The molecule has 0 N–H and O–H groups in total. The molecule has 1 heterocycles. The summed E-state index contributed by atoms with van der Waals surface area (Å²) in [6, 6.07) is 14.2. The largest absolute Gasteiger partial charge is 0.454 e. The number of hydrogen-bond donors (Lipinski definition) is 0. The van der Waals surface area contributed by atoms with Crippen molar-refractivity contribution in [1.82, 2.24) is 0 Å². The quantitative estimate of drug-likeness (QED) is 0.858. The lowest BCUT2D eigenvalue weighted by atomic mass is 10.1. The van der Waals surface area contributed by atoms with E-state index in [2.05, 4.69) is 6.07 Å². The fourth-order valence-corrected chi connectivity index (χ4v) is 5.29.